The molecule has 28 heavy (non-hydrogen) atoms. The summed E-state index contributed by atoms with van der Waals surface area (Å²) in [5.74, 6) is 1.27. The molecule has 1 saturated heterocycles. The molecule has 1 aliphatic heterocycles. The van der Waals surface area contributed by atoms with Crippen LogP contribution >= 0.6 is 0 Å². The number of benzene rings is 2. The molecule has 0 spiro atoms. The summed E-state index contributed by atoms with van der Waals surface area (Å²) >= 11 is 0. The van der Waals surface area contributed by atoms with Crippen LogP contribution in [0.15, 0.2) is 53.1 Å². The molecule has 1 amide bonds. The Balaban J connectivity index is 1.53. The molecule has 6 heteroatoms. The number of carbonyl (C=O) groups is 1. The van der Waals surface area contributed by atoms with Crippen molar-refractivity contribution in [1.29, 1.82) is 5.26 Å². The van der Waals surface area contributed by atoms with Crippen LogP contribution in [0.2, 0.25) is 0 Å². The Morgan fingerprint density at radius 1 is 1.21 bits per heavy atom. The van der Waals surface area contributed by atoms with Gasteiger partial charge in [0.2, 0.25) is 5.91 Å². The van der Waals surface area contributed by atoms with Gasteiger partial charge in [-0.15, -0.1) is 0 Å². The Labute approximate surface area is 163 Å². The molecule has 2 heterocycles. The molecule has 1 unspecified atom stereocenters. The Morgan fingerprint density at radius 2 is 2.00 bits per heavy atom. The summed E-state index contributed by atoms with van der Waals surface area (Å²) in [6.07, 6.45) is 0.350. The molecule has 1 atom stereocenters. The van der Waals surface area contributed by atoms with E-state index >= 15 is 0 Å². The van der Waals surface area contributed by atoms with E-state index in [-0.39, 0.29) is 11.8 Å². The van der Waals surface area contributed by atoms with Gasteiger partial charge in [0.15, 0.2) is 5.82 Å². The van der Waals surface area contributed by atoms with E-state index in [0.717, 1.165) is 5.69 Å². The van der Waals surface area contributed by atoms with E-state index in [1.807, 2.05) is 18.2 Å². The van der Waals surface area contributed by atoms with Crippen molar-refractivity contribution in [1.82, 2.24) is 10.1 Å². The van der Waals surface area contributed by atoms with Crippen LogP contribution in [-0.2, 0) is 4.79 Å². The van der Waals surface area contributed by atoms with E-state index in [1.165, 1.54) is 5.56 Å². The van der Waals surface area contributed by atoms with E-state index < -0.39 is 0 Å². The molecule has 1 aliphatic rings. The Hall–Kier alpha value is -3.46. The van der Waals surface area contributed by atoms with Gasteiger partial charge in [-0.05, 0) is 41.8 Å². The number of hydrogen-bond acceptors (Lipinski definition) is 5. The van der Waals surface area contributed by atoms with Gasteiger partial charge in [0.25, 0.3) is 5.89 Å². The van der Waals surface area contributed by atoms with Gasteiger partial charge in [0.1, 0.15) is 0 Å². The maximum Gasteiger partial charge on any atom is 0.257 e. The van der Waals surface area contributed by atoms with Crippen LogP contribution in [0.4, 0.5) is 5.69 Å². The van der Waals surface area contributed by atoms with Crippen molar-refractivity contribution in [3.05, 3.63) is 65.5 Å². The summed E-state index contributed by atoms with van der Waals surface area (Å²) in [6.45, 7) is 4.81. The second-order valence-electron chi connectivity index (χ2n) is 7.30. The van der Waals surface area contributed by atoms with E-state index in [2.05, 4.69) is 42.2 Å². The largest absolute Gasteiger partial charge is 0.334 e. The van der Waals surface area contributed by atoms with Crippen LogP contribution in [0.1, 0.15) is 49.1 Å². The van der Waals surface area contributed by atoms with Gasteiger partial charge in [0, 0.05) is 30.1 Å². The maximum atomic E-state index is 12.5. The van der Waals surface area contributed by atoms with Crippen LogP contribution in [0.25, 0.3) is 11.5 Å². The molecule has 2 aromatic carbocycles. The first-order chi connectivity index (χ1) is 13.5. The number of amides is 1. The molecule has 140 valence electrons. The number of nitrogens with zero attached hydrogens (tertiary/aromatic N) is 4. The lowest BCUT2D eigenvalue weighted by Crippen LogP contribution is -2.24. The predicted octanol–water partition coefficient (Wildman–Crippen LogP) is 4.25. The highest BCUT2D eigenvalue weighted by Gasteiger charge is 2.34. The van der Waals surface area contributed by atoms with Crippen molar-refractivity contribution >= 4 is 11.6 Å². The molecule has 0 aliphatic carbocycles. The highest BCUT2D eigenvalue weighted by molar-refractivity contribution is 5.96. The topological polar surface area (TPSA) is 83.0 Å². The van der Waals surface area contributed by atoms with Crippen molar-refractivity contribution in [3.63, 3.8) is 0 Å². The van der Waals surface area contributed by atoms with E-state index in [1.54, 1.807) is 23.1 Å². The minimum absolute atomic E-state index is 0.0557. The molecule has 0 saturated carbocycles. The van der Waals surface area contributed by atoms with Crippen LogP contribution in [-0.4, -0.2) is 22.6 Å². The van der Waals surface area contributed by atoms with Crippen molar-refractivity contribution in [2.75, 3.05) is 11.4 Å². The molecule has 0 radical (unpaired) electrons. The Bertz CT molecular complexity index is 1050. The molecule has 4 rings (SSSR count). The van der Waals surface area contributed by atoms with E-state index in [9.17, 15) is 4.79 Å². The van der Waals surface area contributed by atoms with Crippen molar-refractivity contribution in [3.8, 4) is 17.5 Å². The predicted molar refractivity (Wildman–Crippen MR) is 105 cm³/mol. The maximum absolute atomic E-state index is 12.5. The number of anilines is 1. The van der Waals surface area contributed by atoms with Gasteiger partial charge in [-0.25, -0.2) is 0 Å². The lowest BCUT2D eigenvalue weighted by molar-refractivity contribution is -0.117. The van der Waals surface area contributed by atoms with Gasteiger partial charge < -0.3 is 9.42 Å². The van der Waals surface area contributed by atoms with Crippen molar-refractivity contribution in [2.45, 2.75) is 32.1 Å². The number of aromatic nitrogens is 2. The van der Waals surface area contributed by atoms with Gasteiger partial charge in [-0.3, -0.25) is 4.79 Å². The van der Waals surface area contributed by atoms with Gasteiger partial charge in [-0.1, -0.05) is 37.2 Å². The summed E-state index contributed by atoms with van der Waals surface area (Å²) in [4.78, 5) is 18.8. The second kappa shape index (κ2) is 7.28. The van der Waals surface area contributed by atoms with Gasteiger partial charge in [0.05, 0.1) is 11.6 Å². The molecular weight excluding hydrogens is 352 g/mol. The Kier molecular flexibility index (Phi) is 4.66. The zero-order valence-corrected chi connectivity index (χ0v) is 15.8. The number of hydrogen-bond donors (Lipinski definition) is 0. The minimum Gasteiger partial charge on any atom is -0.334 e. The highest BCUT2D eigenvalue weighted by atomic mass is 16.5. The van der Waals surface area contributed by atoms with Gasteiger partial charge >= 0.3 is 0 Å². The third-order valence-electron chi connectivity index (χ3n) is 5.04. The third-order valence-corrected chi connectivity index (χ3v) is 5.04. The number of nitriles is 1. The zero-order valence-electron chi connectivity index (χ0n) is 15.8. The first kappa shape index (κ1) is 17.9. The minimum atomic E-state index is -0.117. The summed E-state index contributed by atoms with van der Waals surface area (Å²) in [6, 6.07) is 17.2. The van der Waals surface area contributed by atoms with Crippen molar-refractivity contribution in [2.24, 2.45) is 0 Å². The zero-order chi connectivity index (χ0) is 19.7. The summed E-state index contributed by atoms with van der Waals surface area (Å²) < 4.78 is 5.38. The fraction of sp³-hybridized carbons (Fsp3) is 0.273. The SMILES string of the molecule is CC(C)c1ccc(N2CC(c3noc(-c4cccc(C#N)c4)n3)CC2=O)cc1. The molecule has 3 aromatic rings. The first-order valence-electron chi connectivity index (χ1n) is 9.29. The monoisotopic (exact) mass is 372 g/mol. The summed E-state index contributed by atoms with van der Waals surface area (Å²) in [7, 11) is 0. The molecule has 1 aromatic heterocycles. The van der Waals surface area contributed by atoms with E-state index in [4.69, 9.17) is 9.78 Å². The normalized spacial score (nSPS) is 16.6. The van der Waals surface area contributed by atoms with Gasteiger partial charge in [-0.2, -0.15) is 10.2 Å². The fourth-order valence-corrected chi connectivity index (χ4v) is 3.41. The van der Waals surface area contributed by atoms with Crippen LogP contribution in [0.3, 0.4) is 0 Å². The quantitative estimate of drug-likeness (QED) is 0.683. The first-order valence-corrected chi connectivity index (χ1v) is 9.29. The molecule has 6 nitrogen and oxygen atoms in total. The average Bonchev–Trinajstić information content (AvgIpc) is 3.35. The lowest BCUT2D eigenvalue weighted by atomic mass is 10.0. The standard InChI is InChI=1S/C22H20N4O2/c1-14(2)16-6-8-19(9-7-16)26-13-18(11-20(26)27)21-24-22(28-25-21)17-5-3-4-15(10-17)12-23/h3-10,14,18H,11,13H2,1-2H3. The Morgan fingerprint density at radius 3 is 2.71 bits per heavy atom. The van der Waals surface area contributed by atoms with Crippen LogP contribution in [0.5, 0.6) is 0 Å². The van der Waals surface area contributed by atoms with Crippen LogP contribution in [0, 0.1) is 11.3 Å². The molecule has 0 N–H and O–H groups in total. The second-order valence-corrected chi connectivity index (χ2v) is 7.30. The average molecular weight is 372 g/mol. The van der Waals surface area contributed by atoms with Crippen LogP contribution < -0.4 is 4.90 Å². The third kappa shape index (κ3) is 3.39. The number of carbonyl (C=O) groups excluding carboxylic acids is 1. The molecule has 1 fully saturated rings. The summed E-state index contributed by atoms with van der Waals surface area (Å²) in [5.41, 5.74) is 3.37. The smallest absolute Gasteiger partial charge is 0.257 e. The summed E-state index contributed by atoms with van der Waals surface area (Å²) in [5, 5.41) is 13.1. The molecule has 0 bridgehead atoms. The highest BCUT2D eigenvalue weighted by Crippen LogP contribution is 2.32. The number of rotatable bonds is 4. The lowest BCUT2D eigenvalue weighted by Gasteiger charge is -2.17. The fourth-order valence-electron chi connectivity index (χ4n) is 3.41. The molecular formula is C22H20N4O2. The van der Waals surface area contributed by atoms with Crippen molar-refractivity contribution < 1.29 is 9.32 Å². The van der Waals surface area contributed by atoms with E-state index in [0.29, 0.717) is 41.7 Å².